The van der Waals surface area contributed by atoms with Crippen LogP contribution in [0.15, 0.2) is 0 Å². The van der Waals surface area contributed by atoms with Gasteiger partial charge in [-0.3, -0.25) is 0 Å². The Labute approximate surface area is 93.5 Å². The topological polar surface area (TPSA) is 65.0 Å². The second kappa shape index (κ2) is 4.27. The van der Waals surface area contributed by atoms with Crippen molar-refractivity contribution in [2.75, 3.05) is 13.7 Å². The SMILES string of the molecule is COC(=O)[C@](C)(F)[C@H](O)[C@H]1COC(C)(C)O1. The average molecular weight is 236 g/mol. The number of carbonyl (C=O) groups is 1. The predicted octanol–water partition coefficient (Wildman–Crippen LogP) is 0.400. The third-order valence-corrected chi connectivity index (χ3v) is 2.52. The lowest BCUT2D eigenvalue weighted by Gasteiger charge is -2.27. The quantitative estimate of drug-likeness (QED) is 0.718. The molecule has 1 N–H and O–H groups in total. The van der Waals surface area contributed by atoms with Crippen LogP contribution in [0.25, 0.3) is 0 Å². The van der Waals surface area contributed by atoms with Crippen LogP contribution < -0.4 is 0 Å². The lowest BCUT2D eigenvalue weighted by atomic mass is 9.97. The average Bonchev–Trinajstić information content (AvgIpc) is 2.56. The molecule has 0 unspecified atom stereocenters. The zero-order chi connectivity index (χ0) is 12.6. The highest BCUT2D eigenvalue weighted by Crippen LogP contribution is 2.30. The summed E-state index contributed by atoms with van der Waals surface area (Å²) in [6.45, 7) is 4.28. The molecule has 6 heteroatoms. The van der Waals surface area contributed by atoms with Crippen LogP contribution >= 0.6 is 0 Å². The Morgan fingerprint density at radius 3 is 2.62 bits per heavy atom. The van der Waals surface area contributed by atoms with E-state index in [-0.39, 0.29) is 6.61 Å². The molecule has 0 saturated carbocycles. The second-order valence-corrected chi connectivity index (χ2v) is 4.38. The van der Waals surface area contributed by atoms with E-state index in [0.717, 1.165) is 14.0 Å². The number of esters is 1. The fraction of sp³-hybridized carbons (Fsp3) is 0.900. The summed E-state index contributed by atoms with van der Waals surface area (Å²) in [6.07, 6.45) is -2.51. The van der Waals surface area contributed by atoms with Crippen LogP contribution in [-0.4, -0.2) is 48.5 Å². The van der Waals surface area contributed by atoms with Gasteiger partial charge in [-0.2, -0.15) is 0 Å². The van der Waals surface area contributed by atoms with Crippen molar-refractivity contribution in [3.8, 4) is 0 Å². The van der Waals surface area contributed by atoms with Gasteiger partial charge in [0.15, 0.2) is 5.79 Å². The maximum absolute atomic E-state index is 13.9. The van der Waals surface area contributed by atoms with Crippen molar-refractivity contribution in [3.05, 3.63) is 0 Å². The molecule has 0 aromatic rings. The van der Waals surface area contributed by atoms with E-state index in [1.54, 1.807) is 13.8 Å². The minimum absolute atomic E-state index is 0.0324. The molecule has 0 aliphatic carbocycles. The number of rotatable bonds is 3. The van der Waals surface area contributed by atoms with Crippen molar-refractivity contribution < 1.29 is 28.5 Å². The lowest BCUT2D eigenvalue weighted by Crippen LogP contribution is -2.51. The second-order valence-electron chi connectivity index (χ2n) is 4.38. The van der Waals surface area contributed by atoms with Gasteiger partial charge in [0.25, 0.3) is 0 Å². The summed E-state index contributed by atoms with van der Waals surface area (Å²) in [7, 11) is 1.06. The summed E-state index contributed by atoms with van der Waals surface area (Å²) in [4.78, 5) is 11.1. The molecule has 0 bridgehead atoms. The van der Waals surface area contributed by atoms with Crippen LogP contribution in [0, 0.1) is 0 Å². The molecular weight excluding hydrogens is 219 g/mol. The maximum Gasteiger partial charge on any atom is 0.346 e. The highest BCUT2D eigenvalue weighted by molar-refractivity contribution is 5.79. The van der Waals surface area contributed by atoms with E-state index in [9.17, 15) is 14.3 Å². The van der Waals surface area contributed by atoms with Gasteiger partial charge in [0.05, 0.1) is 13.7 Å². The number of ether oxygens (including phenoxy) is 3. The molecule has 1 heterocycles. The van der Waals surface area contributed by atoms with Gasteiger partial charge in [-0.05, 0) is 20.8 Å². The summed E-state index contributed by atoms with van der Waals surface area (Å²) >= 11 is 0. The highest BCUT2D eigenvalue weighted by Gasteiger charge is 2.50. The first-order valence-electron chi connectivity index (χ1n) is 4.98. The normalized spacial score (nSPS) is 29.5. The summed E-state index contributed by atoms with van der Waals surface area (Å²) in [5.74, 6) is -2.01. The number of alkyl halides is 1. The third-order valence-electron chi connectivity index (χ3n) is 2.52. The Morgan fingerprint density at radius 2 is 2.25 bits per heavy atom. The molecule has 0 aromatic carbocycles. The Kier molecular flexibility index (Phi) is 3.56. The number of hydrogen-bond acceptors (Lipinski definition) is 5. The molecule has 1 aliphatic heterocycles. The lowest BCUT2D eigenvalue weighted by molar-refractivity contribution is -0.181. The van der Waals surface area contributed by atoms with Gasteiger partial charge in [-0.15, -0.1) is 0 Å². The van der Waals surface area contributed by atoms with E-state index in [1.165, 1.54) is 0 Å². The molecule has 1 aliphatic rings. The van der Waals surface area contributed by atoms with Crippen LogP contribution in [0.3, 0.4) is 0 Å². The summed E-state index contributed by atoms with van der Waals surface area (Å²) in [5.41, 5.74) is -2.51. The van der Waals surface area contributed by atoms with E-state index in [1.807, 2.05) is 0 Å². The molecule has 94 valence electrons. The van der Waals surface area contributed by atoms with Crippen molar-refractivity contribution in [3.63, 3.8) is 0 Å². The van der Waals surface area contributed by atoms with Crippen LogP contribution in [-0.2, 0) is 19.0 Å². The molecule has 5 nitrogen and oxygen atoms in total. The molecule has 1 fully saturated rings. The minimum atomic E-state index is -2.51. The predicted molar refractivity (Wildman–Crippen MR) is 52.4 cm³/mol. The van der Waals surface area contributed by atoms with Crippen LogP contribution in [0.5, 0.6) is 0 Å². The summed E-state index contributed by atoms with van der Waals surface area (Å²) < 4.78 is 28.7. The van der Waals surface area contributed by atoms with Crippen LogP contribution in [0.4, 0.5) is 4.39 Å². The monoisotopic (exact) mass is 236 g/mol. The van der Waals surface area contributed by atoms with E-state index < -0.39 is 29.6 Å². The van der Waals surface area contributed by atoms with Gasteiger partial charge in [-0.25, -0.2) is 9.18 Å². The van der Waals surface area contributed by atoms with Gasteiger partial charge in [0.1, 0.15) is 12.2 Å². The largest absolute Gasteiger partial charge is 0.467 e. The maximum atomic E-state index is 13.9. The molecular formula is C10H17FO5. The molecule has 1 rings (SSSR count). The number of carbonyl (C=O) groups excluding carboxylic acids is 1. The van der Waals surface area contributed by atoms with Crippen LogP contribution in [0.2, 0.25) is 0 Å². The van der Waals surface area contributed by atoms with E-state index in [0.29, 0.717) is 0 Å². The Balaban J connectivity index is 2.71. The van der Waals surface area contributed by atoms with Gasteiger partial charge < -0.3 is 19.3 Å². The standard InChI is InChI=1S/C10H17FO5/c1-9(2)15-5-6(16-9)7(12)10(3,11)8(13)14-4/h6-7,12H,5H2,1-4H3/t6-,7-,10-/m1/s1. The minimum Gasteiger partial charge on any atom is -0.467 e. The summed E-state index contributed by atoms with van der Waals surface area (Å²) in [6, 6.07) is 0. The van der Waals surface area contributed by atoms with Crippen molar-refractivity contribution in [1.82, 2.24) is 0 Å². The number of aliphatic hydroxyl groups excluding tert-OH is 1. The first kappa shape index (κ1) is 13.3. The van der Waals surface area contributed by atoms with Gasteiger partial charge in [0.2, 0.25) is 5.67 Å². The molecule has 0 spiro atoms. The third kappa shape index (κ3) is 2.50. The van der Waals surface area contributed by atoms with Crippen molar-refractivity contribution in [2.45, 2.75) is 44.4 Å². The van der Waals surface area contributed by atoms with Gasteiger partial charge in [0, 0.05) is 0 Å². The molecule has 1 saturated heterocycles. The zero-order valence-electron chi connectivity index (χ0n) is 9.82. The van der Waals surface area contributed by atoms with E-state index in [2.05, 4.69) is 4.74 Å². The van der Waals surface area contributed by atoms with Gasteiger partial charge in [-0.1, -0.05) is 0 Å². The Morgan fingerprint density at radius 1 is 1.69 bits per heavy atom. The summed E-state index contributed by atoms with van der Waals surface area (Å²) in [5, 5.41) is 9.73. The first-order valence-corrected chi connectivity index (χ1v) is 4.98. The first-order chi connectivity index (χ1) is 7.20. The van der Waals surface area contributed by atoms with Crippen molar-refractivity contribution in [2.24, 2.45) is 0 Å². The molecule has 0 amide bonds. The number of aliphatic hydroxyl groups is 1. The van der Waals surface area contributed by atoms with E-state index in [4.69, 9.17) is 9.47 Å². The van der Waals surface area contributed by atoms with E-state index >= 15 is 0 Å². The molecule has 3 atom stereocenters. The smallest absolute Gasteiger partial charge is 0.346 e. The number of methoxy groups -OCH3 is 1. The number of halogens is 1. The molecule has 0 aromatic heterocycles. The van der Waals surface area contributed by atoms with Gasteiger partial charge >= 0.3 is 5.97 Å². The Bertz CT molecular complexity index is 276. The van der Waals surface area contributed by atoms with Crippen molar-refractivity contribution in [1.29, 1.82) is 0 Å². The highest BCUT2D eigenvalue weighted by atomic mass is 19.1. The molecule has 0 radical (unpaired) electrons. The number of hydrogen-bond donors (Lipinski definition) is 1. The fourth-order valence-corrected chi connectivity index (χ4v) is 1.54. The zero-order valence-corrected chi connectivity index (χ0v) is 9.82. The van der Waals surface area contributed by atoms with Crippen LogP contribution in [0.1, 0.15) is 20.8 Å². The van der Waals surface area contributed by atoms with Crippen molar-refractivity contribution >= 4 is 5.97 Å². The Hall–Kier alpha value is -0.720. The fourth-order valence-electron chi connectivity index (χ4n) is 1.54. The molecule has 16 heavy (non-hydrogen) atoms.